The summed E-state index contributed by atoms with van der Waals surface area (Å²) in [5, 5.41) is 3.54. The Hall–Kier alpha value is -0.930. The second kappa shape index (κ2) is 4.32. The zero-order valence-electron chi connectivity index (χ0n) is 11.6. The van der Waals surface area contributed by atoms with Crippen molar-refractivity contribution in [2.75, 3.05) is 19.6 Å². The van der Waals surface area contributed by atoms with Gasteiger partial charge in [0.1, 0.15) is 0 Å². The van der Waals surface area contributed by atoms with E-state index in [1.807, 2.05) is 12.4 Å². The van der Waals surface area contributed by atoms with Crippen molar-refractivity contribution in [3.05, 3.63) is 30.1 Å². The molecule has 2 aliphatic rings. The molecule has 0 aromatic carbocycles. The highest BCUT2D eigenvalue weighted by Gasteiger charge is 2.50. The van der Waals surface area contributed by atoms with Gasteiger partial charge in [-0.05, 0) is 56.8 Å². The highest BCUT2D eigenvalue weighted by Crippen LogP contribution is 2.44. The normalized spacial score (nSPS) is 32.4. The number of aromatic nitrogens is 1. The number of hydrogen-bond donors (Lipinski definition) is 1. The van der Waals surface area contributed by atoms with E-state index in [1.165, 1.54) is 25.2 Å². The molecule has 3 rings (SSSR count). The number of hydrogen-bond acceptors (Lipinski definition) is 3. The smallest absolute Gasteiger partial charge is 0.0326 e. The van der Waals surface area contributed by atoms with Gasteiger partial charge in [-0.15, -0.1) is 0 Å². The first-order chi connectivity index (χ1) is 8.60. The Balaban J connectivity index is 1.85. The Labute approximate surface area is 110 Å². The van der Waals surface area contributed by atoms with Crippen LogP contribution >= 0.6 is 0 Å². The van der Waals surface area contributed by atoms with E-state index in [2.05, 4.69) is 48.1 Å². The van der Waals surface area contributed by atoms with Crippen molar-refractivity contribution in [3.63, 3.8) is 0 Å². The molecular formula is C15H23N3. The minimum atomic E-state index is 0.289. The van der Waals surface area contributed by atoms with Gasteiger partial charge in [-0.1, -0.05) is 0 Å². The quantitative estimate of drug-likeness (QED) is 0.864. The zero-order valence-corrected chi connectivity index (χ0v) is 11.6. The lowest BCUT2D eigenvalue weighted by Gasteiger charge is -2.40. The fraction of sp³-hybridized carbons (Fsp3) is 0.667. The number of rotatable bonds is 2. The highest BCUT2D eigenvalue weighted by atomic mass is 15.3. The fourth-order valence-corrected chi connectivity index (χ4v) is 3.93. The topological polar surface area (TPSA) is 28.2 Å². The SMILES string of the molecule is CC(c1ccncc1)N1CC2CNCC2C1(C)C. The molecule has 0 amide bonds. The molecule has 0 bridgehead atoms. The summed E-state index contributed by atoms with van der Waals surface area (Å²) in [5.74, 6) is 1.62. The average Bonchev–Trinajstić information content (AvgIpc) is 2.92. The third kappa shape index (κ3) is 1.77. The first-order valence-corrected chi connectivity index (χ1v) is 6.98. The number of pyridine rings is 1. The molecule has 3 unspecified atom stereocenters. The molecule has 18 heavy (non-hydrogen) atoms. The largest absolute Gasteiger partial charge is 0.316 e. The summed E-state index contributed by atoms with van der Waals surface area (Å²) in [6.45, 7) is 10.7. The van der Waals surface area contributed by atoms with Gasteiger partial charge in [-0.25, -0.2) is 0 Å². The summed E-state index contributed by atoms with van der Waals surface area (Å²) in [6, 6.07) is 4.77. The standard InChI is InChI=1S/C15H23N3/c1-11(12-4-6-16-7-5-12)18-10-13-8-17-9-14(13)15(18,2)3/h4-7,11,13-14,17H,8-10H2,1-3H3. The first-order valence-electron chi connectivity index (χ1n) is 6.98. The van der Waals surface area contributed by atoms with Crippen LogP contribution in [0.1, 0.15) is 32.4 Å². The Morgan fingerprint density at radius 1 is 1.33 bits per heavy atom. The third-order valence-electron chi connectivity index (χ3n) is 5.07. The minimum Gasteiger partial charge on any atom is -0.316 e. The highest BCUT2D eigenvalue weighted by molar-refractivity contribution is 5.17. The third-order valence-corrected chi connectivity index (χ3v) is 5.07. The Kier molecular flexibility index (Phi) is 2.91. The average molecular weight is 245 g/mol. The van der Waals surface area contributed by atoms with Crippen LogP contribution in [0.5, 0.6) is 0 Å². The van der Waals surface area contributed by atoms with Gasteiger partial charge >= 0.3 is 0 Å². The van der Waals surface area contributed by atoms with Crippen molar-refractivity contribution >= 4 is 0 Å². The first kappa shape index (κ1) is 12.1. The van der Waals surface area contributed by atoms with Crippen LogP contribution < -0.4 is 5.32 Å². The number of likely N-dealkylation sites (tertiary alicyclic amines) is 1. The molecule has 3 atom stereocenters. The molecule has 98 valence electrons. The lowest BCUT2D eigenvalue weighted by Crippen LogP contribution is -2.45. The predicted octanol–water partition coefficient (Wildman–Crippen LogP) is 2.07. The van der Waals surface area contributed by atoms with Crippen LogP contribution in [-0.2, 0) is 0 Å². The van der Waals surface area contributed by atoms with E-state index in [1.54, 1.807) is 0 Å². The summed E-state index contributed by atoms with van der Waals surface area (Å²) >= 11 is 0. The maximum absolute atomic E-state index is 4.12. The van der Waals surface area contributed by atoms with E-state index in [9.17, 15) is 0 Å². The summed E-state index contributed by atoms with van der Waals surface area (Å²) in [7, 11) is 0. The van der Waals surface area contributed by atoms with Gasteiger partial charge in [-0.2, -0.15) is 0 Å². The second-order valence-corrected chi connectivity index (χ2v) is 6.29. The molecule has 0 saturated carbocycles. The molecular weight excluding hydrogens is 222 g/mol. The van der Waals surface area contributed by atoms with Crippen molar-refractivity contribution in [1.29, 1.82) is 0 Å². The second-order valence-electron chi connectivity index (χ2n) is 6.29. The molecule has 1 aromatic rings. The van der Waals surface area contributed by atoms with Crippen LogP contribution in [0.2, 0.25) is 0 Å². The van der Waals surface area contributed by atoms with E-state index in [-0.39, 0.29) is 5.54 Å². The number of nitrogens with one attached hydrogen (secondary N) is 1. The number of nitrogens with zero attached hydrogens (tertiary/aromatic N) is 2. The van der Waals surface area contributed by atoms with Crippen LogP contribution in [0, 0.1) is 11.8 Å². The van der Waals surface area contributed by atoms with Gasteiger partial charge in [0.15, 0.2) is 0 Å². The molecule has 1 N–H and O–H groups in total. The van der Waals surface area contributed by atoms with E-state index >= 15 is 0 Å². The lowest BCUT2D eigenvalue weighted by atomic mass is 9.84. The molecule has 3 heterocycles. The van der Waals surface area contributed by atoms with Gasteiger partial charge in [-0.3, -0.25) is 9.88 Å². The molecule has 3 nitrogen and oxygen atoms in total. The van der Waals surface area contributed by atoms with Gasteiger partial charge in [0.05, 0.1) is 0 Å². The van der Waals surface area contributed by atoms with Crippen LogP contribution in [0.15, 0.2) is 24.5 Å². The predicted molar refractivity (Wildman–Crippen MR) is 73.3 cm³/mol. The van der Waals surface area contributed by atoms with Crippen molar-refractivity contribution in [2.24, 2.45) is 11.8 Å². The lowest BCUT2D eigenvalue weighted by molar-refractivity contribution is 0.0970. The summed E-state index contributed by atoms with van der Waals surface area (Å²) in [4.78, 5) is 6.80. The van der Waals surface area contributed by atoms with E-state index in [0.29, 0.717) is 6.04 Å². The van der Waals surface area contributed by atoms with Crippen LogP contribution in [0.3, 0.4) is 0 Å². The van der Waals surface area contributed by atoms with E-state index in [0.717, 1.165) is 11.8 Å². The van der Waals surface area contributed by atoms with E-state index < -0.39 is 0 Å². The molecule has 3 heteroatoms. The van der Waals surface area contributed by atoms with Crippen molar-refractivity contribution in [1.82, 2.24) is 15.2 Å². The van der Waals surface area contributed by atoms with Gasteiger partial charge in [0.2, 0.25) is 0 Å². The van der Waals surface area contributed by atoms with Gasteiger partial charge in [0, 0.05) is 37.1 Å². The molecule has 2 aliphatic heterocycles. The summed E-state index contributed by atoms with van der Waals surface area (Å²) < 4.78 is 0. The molecule has 1 aromatic heterocycles. The fourth-order valence-electron chi connectivity index (χ4n) is 3.93. The van der Waals surface area contributed by atoms with Crippen LogP contribution in [-0.4, -0.2) is 35.1 Å². The molecule has 0 radical (unpaired) electrons. The molecule has 0 aliphatic carbocycles. The molecule has 2 fully saturated rings. The Bertz CT molecular complexity index is 415. The zero-order chi connectivity index (χ0) is 12.8. The van der Waals surface area contributed by atoms with Crippen LogP contribution in [0.4, 0.5) is 0 Å². The van der Waals surface area contributed by atoms with Gasteiger partial charge in [0.25, 0.3) is 0 Å². The Morgan fingerprint density at radius 2 is 2.06 bits per heavy atom. The van der Waals surface area contributed by atoms with Crippen molar-refractivity contribution in [3.8, 4) is 0 Å². The van der Waals surface area contributed by atoms with E-state index in [4.69, 9.17) is 0 Å². The summed E-state index contributed by atoms with van der Waals surface area (Å²) in [6.07, 6.45) is 3.80. The minimum absolute atomic E-state index is 0.289. The van der Waals surface area contributed by atoms with Crippen LogP contribution in [0.25, 0.3) is 0 Å². The van der Waals surface area contributed by atoms with Gasteiger partial charge < -0.3 is 5.32 Å². The Morgan fingerprint density at radius 3 is 2.72 bits per heavy atom. The maximum atomic E-state index is 4.12. The van der Waals surface area contributed by atoms with Crippen molar-refractivity contribution < 1.29 is 0 Å². The van der Waals surface area contributed by atoms with Crippen molar-refractivity contribution in [2.45, 2.75) is 32.4 Å². The maximum Gasteiger partial charge on any atom is 0.0326 e. The summed E-state index contributed by atoms with van der Waals surface area (Å²) in [5.41, 5.74) is 1.67. The molecule has 0 spiro atoms. The number of fused-ring (bicyclic) bond motifs is 1. The monoisotopic (exact) mass is 245 g/mol. The molecule has 2 saturated heterocycles.